The Hall–Kier alpha value is -2.45. The Morgan fingerprint density at radius 1 is 1.14 bits per heavy atom. The minimum atomic E-state index is -0.322. The summed E-state index contributed by atoms with van der Waals surface area (Å²) >= 11 is 7.96. The fourth-order valence-electron chi connectivity index (χ4n) is 2.33. The largest absolute Gasteiger partial charge is 0.488 e. The van der Waals surface area contributed by atoms with Crippen LogP contribution in [0.15, 0.2) is 71.8 Å². The van der Waals surface area contributed by atoms with Crippen molar-refractivity contribution in [2.75, 3.05) is 0 Å². The zero-order valence-corrected chi connectivity index (χ0v) is 17.4. The maximum atomic E-state index is 13.2. The van der Waals surface area contributed by atoms with Gasteiger partial charge in [0.25, 0.3) is 5.91 Å². The molecule has 1 N–H and O–H groups in total. The lowest BCUT2D eigenvalue weighted by Crippen LogP contribution is -2.17. The van der Waals surface area contributed by atoms with Gasteiger partial charge in [-0.1, -0.05) is 23.7 Å². The summed E-state index contributed by atoms with van der Waals surface area (Å²) in [5.74, 6) is 0.0767. The second-order valence-corrected chi connectivity index (χ2v) is 7.41. The number of hydrogen-bond acceptors (Lipinski definition) is 3. The van der Waals surface area contributed by atoms with Crippen molar-refractivity contribution in [3.05, 3.63) is 97.8 Å². The second-order valence-electron chi connectivity index (χ2n) is 5.81. The predicted octanol–water partition coefficient (Wildman–Crippen LogP) is 5.43. The smallest absolute Gasteiger partial charge is 0.271 e. The van der Waals surface area contributed by atoms with E-state index >= 15 is 0 Å². The molecule has 0 saturated carbocycles. The van der Waals surface area contributed by atoms with Gasteiger partial charge < -0.3 is 4.74 Å². The van der Waals surface area contributed by atoms with Crippen LogP contribution in [0.2, 0.25) is 5.02 Å². The van der Waals surface area contributed by atoms with Crippen molar-refractivity contribution in [2.24, 2.45) is 5.10 Å². The van der Waals surface area contributed by atoms with Gasteiger partial charge in [-0.3, -0.25) is 4.79 Å². The highest BCUT2D eigenvalue weighted by molar-refractivity contribution is 14.1. The van der Waals surface area contributed by atoms with Crippen LogP contribution in [-0.4, -0.2) is 12.1 Å². The molecule has 7 heteroatoms. The average Bonchev–Trinajstić information content (AvgIpc) is 2.68. The highest BCUT2D eigenvalue weighted by atomic mass is 127. The summed E-state index contributed by atoms with van der Waals surface area (Å²) in [5.41, 5.74) is 4.50. The Morgan fingerprint density at radius 2 is 1.93 bits per heavy atom. The first kappa shape index (κ1) is 20.3. The average molecular weight is 509 g/mol. The molecule has 28 heavy (non-hydrogen) atoms. The van der Waals surface area contributed by atoms with E-state index in [0.29, 0.717) is 16.3 Å². The minimum Gasteiger partial charge on any atom is -0.488 e. The molecule has 142 valence electrons. The second kappa shape index (κ2) is 9.66. The third-order valence-corrected chi connectivity index (χ3v) is 4.82. The molecule has 4 nitrogen and oxygen atoms in total. The number of nitrogens with zero attached hydrogens (tertiary/aromatic N) is 1. The van der Waals surface area contributed by atoms with Crippen molar-refractivity contribution in [3.8, 4) is 5.75 Å². The van der Waals surface area contributed by atoms with E-state index < -0.39 is 0 Å². The van der Waals surface area contributed by atoms with Gasteiger partial charge in [0.05, 0.1) is 9.78 Å². The number of amides is 1. The Bertz CT molecular complexity index is 1010. The van der Waals surface area contributed by atoms with Gasteiger partial charge in [0.1, 0.15) is 18.2 Å². The summed E-state index contributed by atoms with van der Waals surface area (Å²) < 4.78 is 19.8. The summed E-state index contributed by atoms with van der Waals surface area (Å²) in [4.78, 5) is 12.0. The van der Waals surface area contributed by atoms with Crippen LogP contribution in [0.5, 0.6) is 5.75 Å². The van der Waals surface area contributed by atoms with E-state index in [-0.39, 0.29) is 18.3 Å². The summed E-state index contributed by atoms with van der Waals surface area (Å²) in [6.07, 6.45) is 1.55. The van der Waals surface area contributed by atoms with Gasteiger partial charge in [0.15, 0.2) is 0 Å². The van der Waals surface area contributed by atoms with E-state index in [0.717, 1.165) is 14.7 Å². The lowest BCUT2D eigenvalue weighted by Gasteiger charge is -2.09. The van der Waals surface area contributed by atoms with Crippen LogP contribution in [0.4, 0.5) is 4.39 Å². The first-order chi connectivity index (χ1) is 13.5. The van der Waals surface area contributed by atoms with Crippen molar-refractivity contribution >= 4 is 46.3 Å². The third kappa shape index (κ3) is 5.77. The van der Waals surface area contributed by atoms with E-state index in [4.69, 9.17) is 16.3 Å². The van der Waals surface area contributed by atoms with Gasteiger partial charge in [-0.05, 0) is 88.3 Å². The molecule has 3 aromatic rings. The van der Waals surface area contributed by atoms with E-state index in [1.54, 1.807) is 42.6 Å². The van der Waals surface area contributed by atoms with Crippen LogP contribution < -0.4 is 10.2 Å². The number of nitrogens with one attached hydrogen (secondary N) is 1. The molecule has 0 heterocycles. The van der Waals surface area contributed by atoms with Crippen molar-refractivity contribution < 1.29 is 13.9 Å². The highest BCUT2D eigenvalue weighted by Gasteiger charge is 2.05. The first-order valence-electron chi connectivity index (χ1n) is 8.27. The monoisotopic (exact) mass is 508 g/mol. The molecule has 3 rings (SSSR count). The molecular weight excluding hydrogens is 494 g/mol. The number of hydrogen-bond donors (Lipinski definition) is 1. The Labute approximate surface area is 180 Å². The zero-order valence-electron chi connectivity index (χ0n) is 14.5. The van der Waals surface area contributed by atoms with Crippen molar-refractivity contribution in [1.29, 1.82) is 0 Å². The Kier molecular flexibility index (Phi) is 7.00. The Balaban J connectivity index is 1.58. The quantitative estimate of drug-likeness (QED) is 0.274. The maximum absolute atomic E-state index is 13.2. The molecule has 3 aromatic carbocycles. The normalized spacial score (nSPS) is 10.8. The summed E-state index contributed by atoms with van der Waals surface area (Å²) in [7, 11) is 0. The van der Waals surface area contributed by atoms with E-state index in [1.807, 2.05) is 18.2 Å². The van der Waals surface area contributed by atoms with Gasteiger partial charge in [0.2, 0.25) is 0 Å². The predicted molar refractivity (Wildman–Crippen MR) is 116 cm³/mol. The van der Waals surface area contributed by atoms with Crippen molar-refractivity contribution in [1.82, 2.24) is 5.43 Å². The molecule has 0 aromatic heterocycles. The van der Waals surface area contributed by atoms with Crippen LogP contribution in [0.3, 0.4) is 0 Å². The van der Waals surface area contributed by atoms with Crippen molar-refractivity contribution in [2.45, 2.75) is 6.61 Å². The van der Waals surface area contributed by atoms with E-state index in [9.17, 15) is 9.18 Å². The van der Waals surface area contributed by atoms with Crippen LogP contribution in [-0.2, 0) is 6.61 Å². The molecule has 0 saturated heterocycles. The molecule has 0 fully saturated rings. The summed E-state index contributed by atoms with van der Waals surface area (Å²) in [6, 6.07) is 18.3. The van der Waals surface area contributed by atoms with Crippen LogP contribution >= 0.6 is 34.2 Å². The summed E-state index contributed by atoms with van der Waals surface area (Å²) in [6.45, 7) is 0.276. The van der Waals surface area contributed by atoms with Crippen LogP contribution in [0.25, 0.3) is 0 Å². The molecule has 0 bridgehead atoms. The molecule has 0 aliphatic heterocycles. The van der Waals surface area contributed by atoms with E-state index in [1.165, 1.54) is 12.1 Å². The number of benzene rings is 3. The van der Waals surface area contributed by atoms with Gasteiger partial charge in [-0.15, -0.1) is 0 Å². The fourth-order valence-corrected chi connectivity index (χ4v) is 3.15. The first-order valence-corrected chi connectivity index (χ1v) is 9.73. The third-order valence-electron chi connectivity index (χ3n) is 3.73. The number of carbonyl (C=O) groups excluding carboxylic acids is 1. The zero-order chi connectivity index (χ0) is 19.9. The van der Waals surface area contributed by atoms with Gasteiger partial charge in [0, 0.05) is 10.6 Å². The van der Waals surface area contributed by atoms with E-state index in [2.05, 4.69) is 33.1 Å². The van der Waals surface area contributed by atoms with Gasteiger partial charge in [-0.25, -0.2) is 9.82 Å². The van der Waals surface area contributed by atoms with Gasteiger partial charge >= 0.3 is 0 Å². The molecule has 0 aliphatic rings. The number of halogens is 3. The SMILES string of the molecule is O=C(N/N=C\c1ccc(OCc2cccc(F)c2)c(I)c1)c1ccc(Cl)cc1. The lowest BCUT2D eigenvalue weighted by atomic mass is 10.2. The summed E-state index contributed by atoms with van der Waals surface area (Å²) in [5, 5.41) is 4.54. The molecule has 1 amide bonds. The molecule has 0 spiro atoms. The molecule has 0 aliphatic carbocycles. The number of rotatable bonds is 6. The Morgan fingerprint density at radius 3 is 2.64 bits per heavy atom. The van der Waals surface area contributed by atoms with Crippen molar-refractivity contribution in [3.63, 3.8) is 0 Å². The highest BCUT2D eigenvalue weighted by Crippen LogP contribution is 2.22. The molecule has 0 unspecified atom stereocenters. The van der Waals surface area contributed by atoms with Gasteiger partial charge in [-0.2, -0.15) is 5.10 Å². The molecule has 0 radical (unpaired) electrons. The fraction of sp³-hybridized carbons (Fsp3) is 0.0476. The van der Waals surface area contributed by atoms with Crippen LogP contribution in [0.1, 0.15) is 21.5 Å². The molecular formula is C21H15ClFIN2O2. The number of hydrazone groups is 1. The topological polar surface area (TPSA) is 50.7 Å². The lowest BCUT2D eigenvalue weighted by molar-refractivity contribution is 0.0955. The number of carbonyl (C=O) groups is 1. The minimum absolute atomic E-state index is 0.276. The maximum Gasteiger partial charge on any atom is 0.271 e. The van der Waals surface area contributed by atoms with Crippen LogP contribution in [0, 0.1) is 9.39 Å². The standard InChI is InChI=1S/C21H15ClFIN2O2/c22-17-7-5-16(6-8-17)21(27)26-25-12-14-4-9-20(19(24)11-14)28-13-15-2-1-3-18(23)10-15/h1-12H,13H2,(H,26,27)/b25-12-. The molecule has 0 atom stereocenters. The number of ether oxygens (including phenoxy) is 1.